The molecule has 1 aliphatic rings. The molecule has 3 rings (SSSR count). The Morgan fingerprint density at radius 2 is 2.00 bits per heavy atom. The van der Waals surface area contributed by atoms with Crippen molar-refractivity contribution in [2.24, 2.45) is 0 Å². The van der Waals surface area contributed by atoms with Gasteiger partial charge >= 0.3 is 0 Å². The predicted molar refractivity (Wildman–Crippen MR) is 109 cm³/mol. The minimum atomic E-state index is -0.190. The third kappa shape index (κ3) is 4.76. The van der Waals surface area contributed by atoms with Crippen molar-refractivity contribution in [3.8, 4) is 0 Å². The average molecular weight is 386 g/mol. The number of amides is 2. The highest BCUT2D eigenvalue weighted by Gasteiger charge is 2.33. The summed E-state index contributed by atoms with van der Waals surface area (Å²) in [6.45, 7) is 3.08. The number of likely N-dealkylation sites (N-methyl/N-ethyl adjacent to an activating group) is 1. The van der Waals surface area contributed by atoms with Crippen LogP contribution in [0.5, 0.6) is 0 Å². The summed E-state index contributed by atoms with van der Waals surface area (Å²) in [5, 5.41) is 5.20. The number of rotatable bonds is 6. The molecule has 0 spiro atoms. The van der Waals surface area contributed by atoms with Gasteiger partial charge in [0.25, 0.3) is 0 Å². The summed E-state index contributed by atoms with van der Waals surface area (Å²) < 4.78 is 0. The summed E-state index contributed by atoms with van der Waals surface area (Å²) in [6, 6.07) is 11.9. The van der Waals surface area contributed by atoms with Crippen molar-refractivity contribution < 1.29 is 9.59 Å². The number of thiophene rings is 1. The summed E-state index contributed by atoms with van der Waals surface area (Å²) in [7, 11) is 3.53. The van der Waals surface area contributed by atoms with E-state index in [9.17, 15) is 9.59 Å². The molecule has 2 heterocycles. The van der Waals surface area contributed by atoms with Crippen molar-refractivity contribution in [2.75, 3.05) is 27.2 Å². The Morgan fingerprint density at radius 3 is 2.63 bits per heavy atom. The van der Waals surface area contributed by atoms with Gasteiger partial charge in [0.1, 0.15) is 0 Å². The van der Waals surface area contributed by atoms with E-state index in [0.717, 1.165) is 29.8 Å². The monoisotopic (exact) mass is 385 g/mol. The van der Waals surface area contributed by atoms with Crippen molar-refractivity contribution in [2.45, 2.75) is 31.8 Å². The number of carbonyl (C=O) groups excluding carboxylic acids is 2. The molecule has 0 radical (unpaired) electrons. The summed E-state index contributed by atoms with van der Waals surface area (Å²) in [6.07, 6.45) is 1.76. The van der Waals surface area contributed by atoms with E-state index in [2.05, 4.69) is 36.5 Å². The number of likely N-dealkylation sites (tertiary alicyclic amines) is 1. The lowest BCUT2D eigenvalue weighted by atomic mass is 10.0. The van der Waals surface area contributed by atoms with Crippen LogP contribution in [0.25, 0.3) is 0 Å². The Morgan fingerprint density at radius 1 is 1.26 bits per heavy atom. The normalized spacial score (nSPS) is 18.3. The number of benzene rings is 1. The van der Waals surface area contributed by atoms with Gasteiger partial charge < -0.3 is 10.2 Å². The molecule has 144 valence electrons. The third-order valence-corrected chi connectivity index (χ3v) is 5.92. The van der Waals surface area contributed by atoms with Crippen LogP contribution < -0.4 is 5.32 Å². The van der Waals surface area contributed by atoms with Crippen molar-refractivity contribution >= 4 is 23.2 Å². The van der Waals surface area contributed by atoms with Gasteiger partial charge in [-0.1, -0.05) is 35.9 Å². The summed E-state index contributed by atoms with van der Waals surface area (Å²) in [5.41, 5.74) is 2.26. The molecule has 0 aliphatic carbocycles. The largest absolute Gasteiger partial charge is 0.347 e. The Hall–Kier alpha value is -2.18. The summed E-state index contributed by atoms with van der Waals surface area (Å²) >= 11 is 1.64. The van der Waals surface area contributed by atoms with E-state index in [1.54, 1.807) is 30.3 Å². The smallest absolute Gasteiger partial charge is 0.239 e. The average Bonchev–Trinajstić information content (AvgIpc) is 3.32. The van der Waals surface area contributed by atoms with Crippen LogP contribution in [-0.4, -0.2) is 54.8 Å². The molecule has 0 bridgehead atoms. The van der Waals surface area contributed by atoms with E-state index in [-0.39, 0.29) is 30.4 Å². The number of hydrogen-bond donors (Lipinski definition) is 1. The van der Waals surface area contributed by atoms with Gasteiger partial charge in [0, 0.05) is 19.0 Å². The SMILES string of the molecule is Cc1ccc(C(NC(=O)CN2CCCC2C(=O)N(C)C)c2cccs2)cc1. The van der Waals surface area contributed by atoms with E-state index in [1.165, 1.54) is 5.56 Å². The minimum Gasteiger partial charge on any atom is -0.347 e. The van der Waals surface area contributed by atoms with E-state index >= 15 is 0 Å². The van der Waals surface area contributed by atoms with E-state index in [0.29, 0.717) is 0 Å². The maximum absolute atomic E-state index is 12.8. The second kappa shape index (κ2) is 8.67. The van der Waals surface area contributed by atoms with Crippen LogP contribution in [-0.2, 0) is 9.59 Å². The maximum Gasteiger partial charge on any atom is 0.239 e. The Labute approximate surface area is 165 Å². The summed E-state index contributed by atoms with van der Waals surface area (Å²) in [5.74, 6) is 0.0288. The fourth-order valence-electron chi connectivity index (χ4n) is 3.52. The van der Waals surface area contributed by atoms with Gasteiger partial charge in [-0.2, -0.15) is 0 Å². The van der Waals surface area contributed by atoms with Crippen LogP contribution >= 0.6 is 11.3 Å². The molecule has 0 saturated carbocycles. The van der Waals surface area contributed by atoms with Crippen molar-refractivity contribution in [3.63, 3.8) is 0 Å². The molecule has 27 heavy (non-hydrogen) atoms. The number of aryl methyl sites for hydroxylation is 1. The van der Waals surface area contributed by atoms with Gasteiger partial charge in [-0.15, -0.1) is 11.3 Å². The zero-order valence-corrected chi connectivity index (χ0v) is 17.0. The van der Waals surface area contributed by atoms with Crippen LogP contribution in [0.4, 0.5) is 0 Å². The first-order chi connectivity index (χ1) is 13.0. The minimum absolute atomic E-state index is 0.0487. The lowest BCUT2D eigenvalue weighted by molar-refractivity contribution is -0.134. The molecule has 1 aromatic carbocycles. The highest BCUT2D eigenvalue weighted by molar-refractivity contribution is 7.10. The molecule has 6 heteroatoms. The van der Waals surface area contributed by atoms with Gasteiger partial charge in [-0.3, -0.25) is 14.5 Å². The highest BCUT2D eigenvalue weighted by Crippen LogP contribution is 2.26. The van der Waals surface area contributed by atoms with E-state index < -0.39 is 0 Å². The number of hydrogen-bond acceptors (Lipinski definition) is 4. The fraction of sp³-hybridized carbons (Fsp3) is 0.429. The lowest BCUT2D eigenvalue weighted by Gasteiger charge is -2.26. The molecule has 1 aromatic heterocycles. The second-order valence-electron chi connectivity index (χ2n) is 7.29. The van der Waals surface area contributed by atoms with Gasteiger partial charge in [0.2, 0.25) is 11.8 Å². The zero-order valence-electron chi connectivity index (χ0n) is 16.1. The number of carbonyl (C=O) groups is 2. The Bertz CT molecular complexity index is 771. The molecule has 1 aliphatic heterocycles. The fourth-order valence-corrected chi connectivity index (χ4v) is 4.32. The van der Waals surface area contributed by atoms with E-state index in [4.69, 9.17) is 0 Å². The predicted octanol–water partition coefficient (Wildman–Crippen LogP) is 2.81. The Kier molecular flexibility index (Phi) is 6.29. The first kappa shape index (κ1) is 19.6. The molecule has 1 N–H and O–H groups in total. The topological polar surface area (TPSA) is 52.7 Å². The zero-order chi connectivity index (χ0) is 19.4. The number of nitrogens with one attached hydrogen (secondary N) is 1. The molecule has 5 nitrogen and oxygen atoms in total. The highest BCUT2D eigenvalue weighted by atomic mass is 32.1. The standard InChI is InChI=1S/C21H27N3O2S/c1-15-8-10-16(11-9-15)20(18-7-5-13-27-18)22-19(25)14-24-12-4-6-17(24)21(26)23(2)3/h5,7-11,13,17,20H,4,6,12,14H2,1-3H3,(H,22,25). The first-order valence-corrected chi connectivity index (χ1v) is 10.2. The Balaban J connectivity index is 1.71. The van der Waals surface area contributed by atoms with Gasteiger partial charge in [0.15, 0.2) is 0 Å². The second-order valence-corrected chi connectivity index (χ2v) is 8.27. The first-order valence-electron chi connectivity index (χ1n) is 9.30. The van der Waals surface area contributed by atoms with Crippen molar-refractivity contribution in [1.82, 2.24) is 15.1 Å². The molecular formula is C21H27N3O2S. The van der Waals surface area contributed by atoms with Crippen LogP contribution in [0.15, 0.2) is 41.8 Å². The summed E-state index contributed by atoms with van der Waals surface area (Å²) in [4.78, 5) is 29.9. The molecule has 2 unspecified atom stereocenters. The van der Waals surface area contributed by atoms with Crippen LogP contribution in [0.1, 0.15) is 34.9 Å². The van der Waals surface area contributed by atoms with Gasteiger partial charge in [-0.05, 0) is 43.3 Å². The maximum atomic E-state index is 12.8. The van der Waals surface area contributed by atoms with Crippen LogP contribution in [0.2, 0.25) is 0 Å². The molecule has 2 atom stereocenters. The van der Waals surface area contributed by atoms with Gasteiger partial charge in [-0.25, -0.2) is 0 Å². The third-order valence-electron chi connectivity index (χ3n) is 4.98. The van der Waals surface area contributed by atoms with Crippen LogP contribution in [0.3, 0.4) is 0 Å². The van der Waals surface area contributed by atoms with Crippen molar-refractivity contribution in [1.29, 1.82) is 0 Å². The molecule has 2 amide bonds. The molecule has 2 aromatic rings. The molecular weight excluding hydrogens is 358 g/mol. The number of nitrogens with zero attached hydrogens (tertiary/aromatic N) is 2. The van der Waals surface area contributed by atoms with Crippen LogP contribution in [0, 0.1) is 6.92 Å². The van der Waals surface area contributed by atoms with Crippen molar-refractivity contribution in [3.05, 3.63) is 57.8 Å². The quantitative estimate of drug-likeness (QED) is 0.832. The molecule has 1 fully saturated rings. The molecule has 1 saturated heterocycles. The van der Waals surface area contributed by atoms with Gasteiger partial charge in [0.05, 0.1) is 18.6 Å². The lowest BCUT2D eigenvalue weighted by Crippen LogP contribution is -2.47. The van der Waals surface area contributed by atoms with E-state index in [1.807, 2.05) is 22.4 Å².